The molecule has 2 aliphatic rings. The maximum atomic E-state index is 11.3. The molecule has 0 aromatic heterocycles. The zero-order valence-corrected chi connectivity index (χ0v) is 11.5. The van der Waals surface area contributed by atoms with Crippen LogP contribution in [0.5, 0.6) is 0 Å². The minimum absolute atomic E-state index is 0.000934. The smallest absolute Gasteiger partial charge is 0.246 e. The van der Waals surface area contributed by atoms with Crippen LogP contribution in [0.3, 0.4) is 0 Å². The molecule has 1 N–H and O–H groups in total. The molecule has 0 bridgehead atoms. The summed E-state index contributed by atoms with van der Waals surface area (Å²) >= 11 is 3.56. The Balaban J connectivity index is 1.66. The Kier molecular flexibility index (Phi) is 3.37. The van der Waals surface area contributed by atoms with Gasteiger partial charge in [0.1, 0.15) is 6.61 Å². The molecule has 1 aromatic rings. The number of hydrogen-bond donors (Lipinski definition) is 1. The highest BCUT2D eigenvalue weighted by Gasteiger charge is 2.37. The van der Waals surface area contributed by atoms with E-state index in [0.717, 1.165) is 24.1 Å². The summed E-state index contributed by atoms with van der Waals surface area (Å²) in [6.45, 7) is 2.82. The number of nitrogens with zero attached hydrogens (tertiary/aromatic N) is 1. The first kappa shape index (κ1) is 12.1. The van der Waals surface area contributed by atoms with Crippen molar-refractivity contribution in [2.75, 3.05) is 19.7 Å². The van der Waals surface area contributed by atoms with Crippen molar-refractivity contribution in [2.45, 2.75) is 18.7 Å². The molecule has 2 saturated heterocycles. The van der Waals surface area contributed by atoms with Gasteiger partial charge in [-0.1, -0.05) is 34.1 Å². The van der Waals surface area contributed by atoms with Crippen LogP contribution in [0.1, 0.15) is 5.56 Å². The Hall–Kier alpha value is -0.910. The zero-order chi connectivity index (χ0) is 12.5. The quantitative estimate of drug-likeness (QED) is 0.891. The van der Waals surface area contributed by atoms with Gasteiger partial charge in [-0.25, -0.2) is 0 Å². The van der Waals surface area contributed by atoms with Gasteiger partial charge >= 0.3 is 0 Å². The molecule has 5 heteroatoms. The molecule has 2 heterocycles. The van der Waals surface area contributed by atoms with Crippen molar-refractivity contribution in [1.82, 2.24) is 10.2 Å². The molecule has 3 rings (SSSR count). The molecule has 1 amide bonds. The van der Waals surface area contributed by atoms with E-state index in [0.29, 0.717) is 0 Å². The molecule has 2 aliphatic heterocycles. The molecule has 0 aliphatic carbocycles. The Morgan fingerprint density at radius 3 is 3.06 bits per heavy atom. The van der Waals surface area contributed by atoms with Crippen LogP contribution in [-0.4, -0.2) is 42.6 Å². The van der Waals surface area contributed by atoms with Crippen LogP contribution in [0.2, 0.25) is 0 Å². The third-order valence-corrected chi connectivity index (χ3v) is 4.24. The van der Waals surface area contributed by atoms with Gasteiger partial charge in [-0.2, -0.15) is 0 Å². The van der Waals surface area contributed by atoms with Crippen molar-refractivity contribution in [3.05, 3.63) is 34.3 Å². The summed E-state index contributed by atoms with van der Waals surface area (Å²) in [7, 11) is 0. The predicted octanol–water partition coefficient (Wildman–Crippen LogP) is 1.15. The number of ether oxygens (including phenoxy) is 1. The van der Waals surface area contributed by atoms with Crippen LogP contribution in [0.25, 0.3) is 0 Å². The summed E-state index contributed by atoms with van der Waals surface area (Å²) in [5, 5.41) is 2.99. The van der Waals surface area contributed by atoms with Crippen LogP contribution in [0.4, 0.5) is 0 Å². The standard InChI is InChI=1S/C13H15BrN2O2/c14-10-4-2-1-3-9(10)5-16-6-11-12(7-16)18-8-13(17)15-11/h1-4,11-12H,5-8H2,(H,15,17)/t11-,12-/m0/s1. The van der Waals surface area contributed by atoms with E-state index in [1.165, 1.54) is 5.56 Å². The summed E-state index contributed by atoms with van der Waals surface area (Å²) < 4.78 is 6.68. The van der Waals surface area contributed by atoms with E-state index in [1.807, 2.05) is 12.1 Å². The lowest BCUT2D eigenvalue weighted by atomic mass is 10.2. The van der Waals surface area contributed by atoms with Gasteiger partial charge in [0.25, 0.3) is 0 Å². The van der Waals surface area contributed by atoms with Crippen molar-refractivity contribution in [3.63, 3.8) is 0 Å². The van der Waals surface area contributed by atoms with Crippen molar-refractivity contribution < 1.29 is 9.53 Å². The number of carbonyl (C=O) groups excluding carboxylic acids is 1. The number of halogens is 1. The largest absolute Gasteiger partial charge is 0.365 e. The first-order valence-electron chi connectivity index (χ1n) is 6.09. The molecular weight excluding hydrogens is 296 g/mol. The van der Waals surface area contributed by atoms with Crippen molar-refractivity contribution in [3.8, 4) is 0 Å². The first-order valence-corrected chi connectivity index (χ1v) is 6.88. The Bertz CT molecular complexity index is 466. The number of likely N-dealkylation sites (tertiary alicyclic amines) is 1. The second-order valence-electron chi connectivity index (χ2n) is 4.81. The third-order valence-electron chi connectivity index (χ3n) is 3.47. The number of carbonyl (C=O) groups is 1. The molecule has 1 aromatic carbocycles. The summed E-state index contributed by atoms with van der Waals surface area (Å²) in [6, 6.07) is 8.37. The van der Waals surface area contributed by atoms with E-state index < -0.39 is 0 Å². The molecule has 0 radical (unpaired) electrons. The lowest BCUT2D eigenvalue weighted by Gasteiger charge is -2.25. The van der Waals surface area contributed by atoms with E-state index in [-0.39, 0.29) is 24.7 Å². The highest BCUT2D eigenvalue weighted by Crippen LogP contribution is 2.22. The third kappa shape index (κ3) is 2.43. The minimum atomic E-state index is -0.000934. The molecule has 0 unspecified atom stereocenters. The van der Waals surface area contributed by atoms with Gasteiger partial charge in [-0.3, -0.25) is 9.69 Å². The summed E-state index contributed by atoms with van der Waals surface area (Å²) in [5.41, 5.74) is 1.27. The lowest BCUT2D eigenvalue weighted by molar-refractivity contribution is -0.134. The van der Waals surface area contributed by atoms with Gasteiger partial charge in [0.15, 0.2) is 0 Å². The molecular formula is C13H15BrN2O2. The SMILES string of the molecule is O=C1CO[C@H]2CN(Cc3ccccc3Br)C[C@@H]2N1. The van der Waals surface area contributed by atoms with Gasteiger partial charge in [0.05, 0.1) is 12.1 Å². The van der Waals surface area contributed by atoms with Crippen molar-refractivity contribution >= 4 is 21.8 Å². The Morgan fingerprint density at radius 2 is 2.22 bits per heavy atom. The van der Waals surface area contributed by atoms with E-state index in [9.17, 15) is 4.79 Å². The number of morpholine rings is 1. The van der Waals surface area contributed by atoms with Gasteiger partial charge in [-0.05, 0) is 11.6 Å². The van der Waals surface area contributed by atoms with Crippen molar-refractivity contribution in [2.24, 2.45) is 0 Å². The molecule has 18 heavy (non-hydrogen) atoms. The van der Waals surface area contributed by atoms with Crippen LogP contribution in [0.15, 0.2) is 28.7 Å². The summed E-state index contributed by atoms with van der Waals surface area (Å²) in [4.78, 5) is 13.6. The number of fused-ring (bicyclic) bond motifs is 1. The molecule has 4 nitrogen and oxygen atoms in total. The van der Waals surface area contributed by atoms with Crippen molar-refractivity contribution in [1.29, 1.82) is 0 Å². The van der Waals surface area contributed by atoms with Crippen LogP contribution in [-0.2, 0) is 16.1 Å². The highest BCUT2D eigenvalue weighted by molar-refractivity contribution is 9.10. The van der Waals surface area contributed by atoms with Crippen LogP contribution in [0, 0.1) is 0 Å². The molecule has 2 atom stereocenters. The maximum absolute atomic E-state index is 11.3. The first-order chi connectivity index (χ1) is 8.72. The molecule has 0 saturated carbocycles. The number of nitrogens with one attached hydrogen (secondary N) is 1. The average Bonchev–Trinajstić information content (AvgIpc) is 2.73. The second kappa shape index (κ2) is 4.99. The van der Waals surface area contributed by atoms with Gasteiger partial charge in [0.2, 0.25) is 5.91 Å². The monoisotopic (exact) mass is 310 g/mol. The second-order valence-corrected chi connectivity index (χ2v) is 5.66. The summed E-state index contributed by atoms with van der Waals surface area (Å²) in [6.07, 6.45) is 0.144. The minimum Gasteiger partial charge on any atom is -0.365 e. The zero-order valence-electron chi connectivity index (χ0n) is 9.93. The Morgan fingerprint density at radius 1 is 1.39 bits per heavy atom. The molecule has 2 fully saturated rings. The number of hydrogen-bond acceptors (Lipinski definition) is 3. The van der Waals surface area contributed by atoms with Gasteiger partial charge < -0.3 is 10.1 Å². The number of rotatable bonds is 2. The fourth-order valence-corrected chi connectivity index (χ4v) is 3.00. The maximum Gasteiger partial charge on any atom is 0.246 e. The lowest BCUT2D eigenvalue weighted by Crippen LogP contribution is -2.50. The number of amides is 1. The Labute approximate surface area is 114 Å². The predicted molar refractivity (Wildman–Crippen MR) is 71.1 cm³/mol. The number of benzene rings is 1. The average molecular weight is 311 g/mol. The summed E-state index contributed by atoms with van der Waals surface area (Å²) in [5.74, 6) is -0.000934. The normalized spacial score (nSPS) is 27.9. The van der Waals surface area contributed by atoms with Gasteiger partial charge in [0, 0.05) is 24.1 Å². The van der Waals surface area contributed by atoms with Crippen LogP contribution < -0.4 is 5.32 Å². The molecule has 96 valence electrons. The fourth-order valence-electron chi connectivity index (χ4n) is 2.59. The highest BCUT2D eigenvalue weighted by atomic mass is 79.9. The van der Waals surface area contributed by atoms with E-state index in [1.54, 1.807) is 0 Å². The van der Waals surface area contributed by atoms with E-state index in [4.69, 9.17) is 4.74 Å². The van der Waals surface area contributed by atoms with Crippen LogP contribution >= 0.6 is 15.9 Å². The molecule has 0 spiro atoms. The fraction of sp³-hybridized carbons (Fsp3) is 0.462. The van der Waals surface area contributed by atoms with E-state index in [2.05, 4.69) is 38.3 Å². The topological polar surface area (TPSA) is 41.6 Å². The van der Waals surface area contributed by atoms with Gasteiger partial charge in [-0.15, -0.1) is 0 Å². The van der Waals surface area contributed by atoms with E-state index >= 15 is 0 Å².